The van der Waals surface area contributed by atoms with Crippen molar-refractivity contribution >= 4 is 16.1 Å². The lowest BCUT2D eigenvalue weighted by Gasteiger charge is -2.33. The van der Waals surface area contributed by atoms with Crippen LogP contribution in [-0.4, -0.2) is 50.5 Å². The van der Waals surface area contributed by atoms with Crippen LogP contribution in [0.1, 0.15) is 32.1 Å². The quantitative estimate of drug-likeness (QED) is 0.435. The summed E-state index contributed by atoms with van der Waals surface area (Å²) in [7, 11) is -4.30. The largest absolute Gasteiger partial charge is 0.534 e. The minimum absolute atomic E-state index is 0.0393. The predicted molar refractivity (Wildman–Crippen MR) is 73.5 cm³/mol. The van der Waals surface area contributed by atoms with Gasteiger partial charge < -0.3 is 8.92 Å². The van der Waals surface area contributed by atoms with E-state index in [0.717, 1.165) is 6.42 Å². The van der Waals surface area contributed by atoms with Crippen LogP contribution in [0.4, 0.5) is 13.2 Å². The SMILES string of the molecule is COC(=O)[C@@H]1CCCN1C1CC=C(OS(=O)(=O)C(F)(F)F)CC1. The van der Waals surface area contributed by atoms with Gasteiger partial charge in [-0.15, -0.1) is 0 Å². The second-order valence-electron chi connectivity index (χ2n) is 5.50. The van der Waals surface area contributed by atoms with Crippen molar-refractivity contribution in [2.45, 2.75) is 49.7 Å². The molecule has 0 aromatic carbocycles. The van der Waals surface area contributed by atoms with Crippen molar-refractivity contribution in [2.75, 3.05) is 13.7 Å². The van der Waals surface area contributed by atoms with Crippen LogP contribution in [0.3, 0.4) is 0 Å². The minimum Gasteiger partial charge on any atom is -0.468 e. The number of alkyl halides is 3. The Kier molecular flexibility index (Phi) is 5.24. The first-order chi connectivity index (χ1) is 10.7. The van der Waals surface area contributed by atoms with Crippen molar-refractivity contribution in [1.82, 2.24) is 4.90 Å². The number of ether oxygens (including phenoxy) is 1. The molecule has 1 unspecified atom stereocenters. The Morgan fingerprint density at radius 2 is 2.04 bits per heavy atom. The lowest BCUT2D eigenvalue weighted by atomic mass is 9.98. The molecular formula is C13H18F3NO5S. The highest BCUT2D eigenvalue weighted by Crippen LogP contribution is 2.33. The second-order valence-corrected chi connectivity index (χ2v) is 7.04. The molecule has 23 heavy (non-hydrogen) atoms. The van der Waals surface area contributed by atoms with Crippen LogP contribution in [0.2, 0.25) is 0 Å². The van der Waals surface area contributed by atoms with Crippen LogP contribution in [0, 0.1) is 0 Å². The molecule has 0 amide bonds. The third-order valence-electron chi connectivity index (χ3n) is 4.08. The summed E-state index contributed by atoms with van der Waals surface area (Å²) in [6.07, 6.45) is 3.70. The first kappa shape index (κ1) is 18.1. The van der Waals surface area contributed by atoms with E-state index in [4.69, 9.17) is 4.74 Å². The van der Waals surface area contributed by atoms with Gasteiger partial charge in [-0.3, -0.25) is 9.69 Å². The highest BCUT2D eigenvalue weighted by atomic mass is 32.2. The van der Waals surface area contributed by atoms with Crippen molar-refractivity contribution in [2.24, 2.45) is 0 Å². The van der Waals surface area contributed by atoms with Crippen LogP contribution in [0.25, 0.3) is 0 Å². The van der Waals surface area contributed by atoms with E-state index in [-0.39, 0.29) is 30.2 Å². The lowest BCUT2D eigenvalue weighted by Crippen LogP contribution is -2.44. The molecule has 0 bridgehead atoms. The van der Waals surface area contributed by atoms with Crippen molar-refractivity contribution in [3.05, 3.63) is 11.8 Å². The standard InChI is InChI=1S/C13H18F3NO5S/c1-21-12(18)11-3-2-8-17(11)9-4-6-10(7-5-9)22-23(19,20)13(14,15)16/h6,9,11H,2-5,7-8H2,1H3/t9?,11-/m0/s1. The van der Waals surface area contributed by atoms with Gasteiger partial charge in [-0.1, -0.05) is 0 Å². The van der Waals surface area contributed by atoms with E-state index in [1.807, 2.05) is 4.90 Å². The van der Waals surface area contributed by atoms with E-state index in [2.05, 4.69) is 4.18 Å². The average Bonchev–Trinajstić information content (AvgIpc) is 2.95. The van der Waals surface area contributed by atoms with Crippen LogP contribution in [0.15, 0.2) is 11.8 Å². The smallest absolute Gasteiger partial charge is 0.468 e. The molecule has 2 atom stereocenters. The van der Waals surface area contributed by atoms with E-state index < -0.39 is 15.6 Å². The molecule has 0 N–H and O–H groups in total. The molecule has 0 aromatic heterocycles. The second kappa shape index (κ2) is 6.68. The van der Waals surface area contributed by atoms with Gasteiger partial charge in [0.05, 0.1) is 7.11 Å². The number of carbonyl (C=O) groups excluding carboxylic acids is 1. The molecule has 1 aliphatic carbocycles. The third kappa shape index (κ3) is 3.97. The number of allylic oxidation sites excluding steroid dienone is 1. The molecule has 1 aliphatic heterocycles. The Labute approximate surface area is 132 Å². The van der Waals surface area contributed by atoms with Crippen molar-refractivity contribution < 1.29 is 35.3 Å². The summed E-state index contributed by atoms with van der Waals surface area (Å²) in [5.41, 5.74) is -5.43. The number of rotatable bonds is 4. The summed E-state index contributed by atoms with van der Waals surface area (Å²) < 4.78 is 67.7. The number of hydrogen-bond donors (Lipinski definition) is 0. The average molecular weight is 357 g/mol. The number of carbonyl (C=O) groups is 1. The van der Waals surface area contributed by atoms with Gasteiger partial charge in [-0.05, 0) is 38.3 Å². The maximum absolute atomic E-state index is 12.3. The fraction of sp³-hybridized carbons (Fsp3) is 0.769. The highest BCUT2D eigenvalue weighted by molar-refractivity contribution is 7.87. The number of nitrogens with zero attached hydrogens (tertiary/aromatic N) is 1. The molecule has 2 aliphatic rings. The Morgan fingerprint density at radius 1 is 1.35 bits per heavy atom. The van der Waals surface area contributed by atoms with E-state index in [9.17, 15) is 26.4 Å². The first-order valence-electron chi connectivity index (χ1n) is 7.19. The van der Waals surface area contributed by atoms with Crippen LogP contribution >= 0.6 is 0 Å². The summed E-state index contributed by atoms with van der Waals surface area (Å²) in [5.74, 6) is -0.527. The minimum atomic E-state index is -5.62. The van der Waals surface area contributed by atoms with Gasteiger partial charge in [0.2, 0.25) is 0 Å². The highest BCUT2D eigenvalue weighted by Gasteiger charge is 2.49. The number of likely N-dealkylation sites (tertiary alicyclic amines) is 1. The summed E-state index contributed by atoms with van der Waals surface area (Å²) in [6, 6.07) is -0.387. The normalized spacial score (nSPS) is 26.7. The molecule has 1 fully saturated rings. The molecule has 6 nitrogen and oxygen atoms in total. The molecule has 1 heterocycles. The van der Waals surface area contributed by atoms with Gasteiger partial charge in [0, 0.05) is 12.5 Å². The Bertz CT molecular complexity index is 587. The molecule has 10 heteroatoms. The first-order valence-corrected chi connectivity index (χ1v) is 8.60. The fourth-order valence-electron chi connectivity index (χ4n) is 2.98. The predicted octanol–water partition coefficient (Wildman–Crippen LogP) is 1.93. The molecule has 0 saturated carbocycles. The third-order valence-corrected chi connectivity index (χ3v) is 5.08. The number of methoxy groups -OCH3 is 1. The van der Waals surface area contributed by atoms with Crippen LogP contribution < -0.4 is 0 Å². The Balaban J connectivity index is 2.00. The number of halogens is 3. The zero-order valence-corrected chi connectivity index (χ0v) is 13.3. The molecule has 0 radical (unpaired) electrons. The van der Waals surface area contributed by atoms with Gasteiger partial charge in [0.1, 0.15) is 11.8 Å². The van der Waals surface area contributed by atoms with Crippen LogP contribution in [0.5, 0.6) is 0 Å². The van der Waals surface area contributed by atoms with Crippen molar-refractivity contribution in [1.29, 1.82) is 0 Å². The molecule has 2 rings (SSSR count). The summed E-state index contributed by atoms with van der Waals surface area (Å²) in [5, 5.41) is 0. The van der Waals surface area contributed by atoms with Gasteiger partial charge in [-0.2, -0.15) is 21.6 Å². The van der Waals surface area contributed by atoms with Crippen molar-refractivity contribution in [3.63, 3.8) is 0 Å². The molecule has 0 spiro atoms. The summed E-state index contributed by atoms with van der Waals surface area (Å²) in [6.45, 7) is 0.704. The lowest BCUT2D eigenvalue weighted by molar-refractivity contribution is -0.146. The van der Waals surface area contributed by atoms with Gasteiger partial charge >= 0.3 is 21.6 Å². The molecule has 0 aromatic rings. The Hall–Kier alpha value is -1.29. The van der Waals surface area contributed by atoms with Crippen molar-refractivity contribution in [3.8, 4) is 0 Å². The van der Waals surface area contributed by atoms with E-state index in [0.29, 0.717) is 25.8 Å². The van der Waals surface area contributed by atoms with E-state index >= 15 is 0 Å². The number of hydrogen-bond acceptors (Lipinski definition) is 6. The van der Waals surface area contributed by atoms with Gasteiger partial charge in [-0.25, -0.2) is 0 Å². The number of esters is 1. The molecule has 132 valence electrons. The molecule has 1 saturated heterocycles. The zero-order chi connectivity index (χ0) is 17.3. The summed E-state index contributed by atoms with van der Waals surface area (Å²) >= 11 is 0. The summed E-state index contributed by atoms with van der Waals surface area (Å²) in [4.78, 5) is 13.7. The van der Waals surface area contributed by atoms with Crippen LogP contribution in [-0.2, 0) is 23.8 Å². The Morgan fingerprint density at radius 3 is 2.57 bits per heavy atom. The van der Waals surface area contributed by atoms with Gasteiger partial charge in [0.15, 0.2) is 0 Å². The van der Waals surface area contributed by atoms with E-state index in [1.165, 1.54) is 13.2 Å². The van der Waals surface area contributed by atoms with Gasteiger partial charge in [0.25, 0.3) is 0 Å². The fourth-order valence-corrected chi connectivity index (χ4v) is 3.50. The van der Waals surface area contributed by atoms with E-state index in [1.54, 1.807) is 0 Å². The maximum atomic E-state index is 12.3. The monoisotopic (exact) mass is 357 g/mol. The zero-order valence-electron chi connectivity index (χ0n) is 12.5. The maximum Gasteiger partial charge on any atom is 0.534 e. The molecular weight excluding hydrogens is 339 g/mol. The topological polar surface area (TPSA) is 72.9 Å².